The number of hydrogen-bond acceptors (Lipinski definition) is 5. The highest BCUT2D eigenvalue weighted by Crippen LogP contribution is 2.28. The lowest BCUT2D eigenvalue weighted by atomic mass is 9.90. The number of carbonyl (C=O) groups is 3. The van der Waals surface area contributed by atoms with Crippen LogP contribution in [0, 0.1) is 29.1 Å². The molecule has 2 heterocycles. The van der Waals surface area contributed by atoms with Gasteiger partial charge in [0.05, 0.1) is 18.4 Å². The molecule has 0 aliphatic carbocycles. The van der Waals surface area contributed by atoms with Gasteiger partial charge in [0.1, 0.15) is 11.8 Å². The van der Waals surface area contributed by atoms with E-state index >= 15 is 0 Å². The van der Waals surface area contributed by atoms with E-state index in [4.69, 9.17) is 4.74 Å². The zero-order valence-electron chi connectivity index (χ0n) is 19.4. The first-order valence-corrected chi connectivity index (χ1v) is 11.6. The number of nitrogens with zero attached hydrogens (tertiary/aromatic N) is 1. The number of H-pyrrole nitrogens is 1. The average molecular weight is 453 g/mol. The summed E-state index contributed by atoms with van der Waals surface area (Å²) in [6.45, 7) is 7.00. The van der Waals surface area contributed by atoms with E-state index in [1.807, 2.05) is 39.0 Å². The Bertz CT molecular complexity index is 1050. The van der Waals surface area contributed by atoms with E-state index in [0.29, 0.717) is 37.4 Å². The number of benzene rings is 1. The third-order valence-electron chi connectivity index (χ3n) is 5.94. The summed E-state index contributed by atoms with van der Waals surface area (Å²) in [7, 11) is 0. The number of ketones is 1. The van der Waals surface area contributed by atoms with Gasteiger partial charge in [0.25, 0.3) is 0 Å². The molecule has 0 radical (unpaired) electrons. The van der Waals surface area contributed by atoms with Crippen LogP contribution < -0.4 is 15.4 Å². The van der Waals surface area contributed by atoms with Crippen LogP contribution >= 0.6 is 0 Å². The van der Waals surface area contributed by atoms with Crippen molar-refractivity contribution in [1.82, 2.24) is 15.6 Å². The van der Waals surface area contributed by atoms with Crippen LogP contribution in [0.5, 0.6) is 5.75 Å². The largest absolute Gasteiger partial charge is 0.493 e. The van der Waals surface area contributed by atoms with Crippen LogP contribution in [-0.2, 0) is 9.59 Å². The Labute approximate surface area is 194 Å². The molecule has 0 bridgehead atoms. The maximum atomic E-state index is 13.1. The number of aromatic amines is 1. The second kappa shape index (κ2) is 11.0. The molecule has 3 rings (SSSR count). The summed E-state index contributed by atoms with van der Waals surface area (Å²) in [5.74, 6) is -0.513. The number of rotatable bonds is 11. The molecule has 8 heteroatoms. The van der Waals surface area contributed by atoms with E-state index in [-0.39, 0.29) is 42.3 Å². The highest BCUT2D eigenvalue weighted by molar-refractivity contribution is 6.02. The quantitative estimate of drug-likeness (QED) is 0.451. The average Bonchev–Trinajstić information content (AvgIpc) is 3.39. The van der Waals surface area contributed by atoms with Gasteiger partial charge in [0.2, 0.25) is 11.8 Å². The highest BCUT2D eigenvalue weighted by Gasteiger charge is 2.30. The van der Waals surface area contributed by atoms with Crippen LogP contribution in [0.3, 0.4) is 0 Å². The summed E-state index contributed by atoms with van der Waals surface area (Å²) < 4.78 is 5.65. The van der Waals surface area contributed by atoms with Gasteiger partial charge < -0.3 is 20.4 Å². The third kappa shape index (κ3) is 6.13. The summed E-state index contributed by atoms with van der Waals surface area (Å²) in [6, 6.07) is 8.69. The van der Waals surface area contributed by atoms with Crippen LogP contribution in [0.25, 0.3) is 10.9 Å². The lowest BCUT2D eigenvalue weighted by Gasteiger charge is -2.21. The molecule has 1 aliphatic rings. The summed E-state index contributed by atoms with van der Waals surface area (Å²) in [6.07, 6.45) is 1.48. The van der Waals surface area contributed by atoms with Crippen LogP contribution in [0.1, 0.15) is 56.9 Å². The van der Waals surface area contributed by atoms with E-state index in [1.54, 1.807) is 6.07 Å². The van der Waals surface area contributed by atoms with Crippen molar-refractivity contribution >= 4 is 28.5 Å². The molecule has 0 spiro atoms. The molecule has 3 unspecified atom stereocenters. The number of Topliss-reactive ketones (excluding diaryl/α,β-unsaturated/α-hetero) is 1. The fraction of sp³-hybridized carbons (Fsp3) is 0.520. The minimum Gasteiger partial charge on any atom is -0.493 e. The number of aromatic nitrogens is 1. The molecule has 1 aliphatic heterocycles. The summed E-state index contributed by atoms with van der Waals surface area (Å²) in [4.78, 5) is 41.1. The zero-order chi connectivity index (χ0) is 24.0. The van der Waals surface area contributed by atoms with Crippen molar-refractivity contribution in [1.29, 1.82) is 5.26 Å². The number of ether oxygens (including phenoxy) is 1. The number of nitriles is 1. The molecule has 1 fully saturated rings. The van der Waals surface area contributed by atoms with Crippen molar-refractivity contribution < 1.29 is 19.1 Å². The monoisotopic (exact) mass is 452 g/mol. The molecule has 1 aromatic heterocycles. The molecular weight excluding hydrogens is 420 g/mol. The van der Waals surface area contributed by atoms with Crippen molar-refractivity contribution in [2.75, 3.05) is 13.2 Å². The van der Waals surface area contributed by atoms with Crippen molar-refractivity contribution in [2.45, 2.75) is 52.5 Å². The Morgan fingerprint density at radius 3 is 2.76 bits per heavy atom. The van der Waals surface area contributed by atoms with Crippen molar-refractivity contribution in [2.24, 2.45) is 17.8 Å². The Morgan fingerprint density at radius 1 is 1.33 bits per heavy atom. The van der Waals surface area contributed by atoms with Crippen LogP contribution in [-0.4, -0.2) is 41.8 Å². The van der Waals surface area contributed by atoms with Crippen molar-refractivity contribution in [3.8, 4) is 11.8 Å². The fourth-order valence-corrected chi connectivity index (χ4v) is 4.33. The SMILES string of the molecule is CCOc1cccc2[nH]c(C(=O)CC(CC(C)C)C(=O)NC(C#N)CC3CCNC3=O)cc12. The Balaban J connectivity index is 1.71. The lowest BCUT2D eigenvalue weighted by Crippen LogP contribution is -2.41. The Hall–Kier alpha value is -3.34. The maximum absolute atomic E-state index is 13.1. The van der Waals surface area contributed by atoms with Gasteiger partial charge in [-0.25, -0.2) is 0 Å². The summed E-state index contributed by atoms with van der Waals surface area (Å²) in [5.41, 5.74) is 1.23. The van der Waals surface area contributed by atoms with Gasteiger partial charge in [-0.3, -0.25) is 14.4 Å². The van der Waals surface area contributed by atoms with Gasteiger partial charge in [-0.05, 0) is 50.3 Å². The molecule has 8 nitrogen and oxygen atoms in total. The first kappa shape index (κ1) is 24.3. The summed E-state index contributed by atoms with van der Waals surface area (Å²) >= 11 is 0. The molecule has 0 saturated carbocycles. The number of nitrogens with one attached hydrogen (secondary N) is 3. The molecule has 176 valence electrons. The molecule has 2 aromatic rings. The van der Waals surface area contributed by atoms with Gasteiger partial charge in [0, 0.05) is 35.7 Å². The number of hydrogen-bond donors (Lipinski definition) is 3. The van der Waals surface area contributed by atoms with Gasteiger partial charge in [-0.2, -0.15) is 5.26 Å². The molecular formula is C25H32N4O4. The zero-order valence-corrected chi connectivity index (χ0v) is 19.4. The maximum Gasteiger partial charge on any atom is 0.224 e. The fourth-order valence-electron chi connectivity index (χ4n) is 4.33. The smallest absolute Gasteiger partial charge is 0.224 e. The Morgan fingerprint density at radius 2 is 2.12 bits per heavy atom. The van der Waals surface area contributed by atoms with Crippen molar-refractivity contribution in [3.63, 3.8) is 0 Å². The van der Waals surface area contributed by atoms with E-state index in [0.717, 1.165) is 10.9 Å². The Kier molecular flexibility index (Phi) is 8.10. The first-order valence-electron chi connectivity index (χ1n) is 11.6. The predicted octanol–water partition coefficient (Wildman–Crippen LogP) is 3.34. The number of amides is 2. The van der Waals surface area contributed by atoms with E-state index < -0.39 is 12.0 Å². The van der Waals surface area contributed by atoms with E-state index in [9.17, 15) is 19.6 Å². The molecule has 2 amide bonds. The van der Waals surface area contributed by atoms with Crippen LogP contribution in [0.4, 0.5) is 0 Å². The minimum absolute atomic E-state index is 0.0306. The molecule has 3 N–H and O–H groups in total. The van der Waals surface area contributed by atoms with Crippen LogP contribution in [0.15, 0.2) is 24.3 Å². The lowest BCUT2D eigenvalue weighted by molar-refractivity contribution is -0.127. The molecule has 1 saturated heterocycles. The third-order valence-corrected chi connectivity index (χ3v) is 5.94. The van der Waals surface area contributed by atoms with E-state index in [1.165, 1.54) is 0 Å². The second-order valence-corrected chi connectivity index (χ2v) is 8.99. The van der Waals surface area contributed by atoms with Gasteiger partial charge in [0.15, 0.2) is 5.78 Å². The normalized spacial score (nSPS) is 17.4. The van der Waals surface area contributed by atoms with E-state index in [2.05, 4.69) is 21.7 Å². The van der Waals surface area contributed by atoms with Crippen LogP contribution in [0.2, 0.25) is 0 Å². The minimum atomic E-state index is -0.766. The van der Waals surface area contributed by atoms with Crippen molar-refractivity contribution in [3.05, 3.63) is 30.0 Å². The van der Waals surface area contributed by atoms with Gasteiger partial charge >= 0.3 is 0 Å². The number of fused-ring (bicyclic) bond motifs is 1. The molecule has 1 aromatic carbocycles. The highest BCUT2D eigenvalue weighted by atomic mass is 16.5. The predicted molar refractivity (Wildman–Crippen MR) is 125 cm³/mol. The second-order valence-electron chi connectivity index (χ2n) is 8.99. The first-order chi connectivity index (χ1) is 15.8. The number of carbonyl (C=O) groups excluding carboxylic acids is 3. The molecule has 3 atom stereocenters. The summed E-state index contributed by atoms with van der Waals surface area (Å²) in [5, 5.41) is 15.9. The van der Waals surface area contributed by atoms with Gasteiger partial charge in [-0.15, -0.1) is 0 Å². The molecule has 33 heavy (non-hydrogen) atoms. The topological polar surface area (TPSA) is 124 Å². The van der Waals surface area contributed by atoms with Gasteiger partial charge in [-0.1, -0.05) is 19.9 Å². The standard InChI is InChI=1S/C25H32N4O4/c1-4-33-23-7-5-6-20-19(23)13-21(29-20)22(30)12-17(10-15(2)3)25(32)28-18(14-26)11-16-8-9-27-24(16)31/h5-7,13,15-18,29H,4,8-12H2,1-3H3,(H,27,31)(H,28,32).